The zero-order valence-corrected chi connectivity index (χ0v) is 17.8. The molecule has 6 nitrogen and oxygen atoms in total. The third-order valence-electron chi connectivity index (χ3n) is 4.36. The van der Waals surface area contributed by atoms with E-state index in [9.17, 15) is 13.2 Å². The monoisotopic (exact) mass is 499 g/mol. The molecule has 2 heterocycles. The van der Waals surface area contributed by atoms with E-state index in [0.717, 1.165) is 0 Å². The molecule has 2 aromatic heterocycles. The molecule has 33 heavy (non-hydrogen) atoms. The molecule has 0 spiro atoms. The molecule has 2 N–H and O–H groups in total. The van der Waals surface area contributed by atoms with Crippen LogP contribution in [0.2, 0.25) is 5.02 Å². The highest BCUT2D eigenvalue weighted by Gasteiger charge is 2.26. The van der Waals surface area contributed by atoms with Crippen molar-refractivity contribution in [1.29, 1.82) is 0 Å². The third-order valence-corrected chi connectivity index (χ3v) is 5.61. The molecule has 0 atom stereocenters. The Balaban J connectivity index is 1.93. The second-order valence-electron chi connectivity index (χ2n) is 6.46. The van der Waals surface area contributed by atoms with E-state index in [-0.39, 0.29) is 16.8 Å². The van der Waals surface area contributed by atoms with E-state index in [1.807, 2.05) is 0 Å². The van der Waals surface area contributed by atoms with Gasteiger partial charge in [-0.3, -0.25) is 9.52 Å². The van der Waals surface area contributed by atoms with Crippen LogP contribution < -0.4 is 4.72 Å². The van der Waals surface area contributed by atoms with Gasteiger partial charge in [0.25, 0.3) is 0 Å². The molecule has 0 unspecified atom stereocenters. The smallest absolute Gasteiger partial charge is 0.232 e. The van der Waals surface area contributed by atoms with Gasteiger partial charge in [0, 0.05) is 40.7 Å². The largest absolute Gasteiger partial charge is 0.345 e. The highest BCUT2D eigenvalue weighted by molar-refractivity contribution is 7.92. The maximum Gasteiger partial charge on any atom is 0.232 e. The summed E-state index contributed by atoms with van der Waals surface area (Å²) in [5.41, 5.74) is -7.76. The van der Waals surface area contributed by atoms with Crippen LogP contribution in [0.15, 0.2) is 54.7 Å². The van der Waals surface area contributed by atoms with Crippen molar-refractivity contribution < 1.29 is 35.7 Å². The first-order chi connectivity index (χ1) is 19.7. The van der Waals surface area contributed by atoms with E-state index < -0.39 is 99.1 Å². The molecule has 0 saturated heterocycles. The van der Waals surface area contributed by atoms with Gasteiger partial charge in [0.2, 0.25) is 15.8 Å². The second kappa shape index (κ2) is 8.92. The fraction of sp³-hybridized carbons (Fsp3) is 0.130. The number of anilines is 1. The van der Waals surface area contributed by atoms with Gasteiger partial charge in [-0.25, -0.2) is 22.2 Å². The number of aromatic nitrogens is 2. The minimum Gasteiger partial charge on any atom is -0.345 e. The second-order valence-corrected chi connectivity index (χ2v) is 8.40. The number of nitrogens with one attached hydrogen (secondary N) is 2. The van der Waals surface area contributed by atoms with Gasteiger partial charge in [-0.05, 0) is 42.2 Å². The van der Waals surface area contributed by atoms with Crippen LogP contribution in [-0.2, 0) is 10.0 Å². The number of sulfonamides is 1. The van der Waals surface area contributed by atoms with E-state index in [1.54, 1.807) is 0 Å². The number of H-pyrrole nitrogens is 1. The van der Waals surface area contributed by atoms with E-state index >= 15 is 8.78 Å². The molecule has 0 aliphatic heterocycles. The van der Waals surface area contributed by atoms with Gasteiger partial charge in [0.1, 0.15) is 11.5 Å². The molecule has 0 aliphatic rings. The van der Waals surface area contributed by atoms with Gasteiger partial charge in [-0.2, -0.15) is 0 Å². The summed E-state index contributed by atoms with van der Waals surface area (Å²) in [4.78, 5) is 19.9. The molecule has 0 radical (unpaired) electrons. The molecular formula is C23H18ClF2N3O3S. The van der Waals surface area contributed by atoms with Crippen molar-refractivity contribution in [3.05, 3.63) is 82.5 Å². The number of carbonyl (C=O) groups excluding carboxylic acids is 1. The van der Waals surface area contributed by atoms with Crippen LogP contribution in [0.25, 0.3) is 22.2 Å². The number of ketones is 1. The predicted molar refractivity (Wildman–Crippen MR) is 124 cm³/mol. The number of rotatable bonds is 7. The summed E-state index contributed by atoms with van der Waals surface area (Å²) in [6, 6.07) is 2.33. The maximum atomic E-state index is 15.8. The van der Waals surface area contributed by atoms with Crippen molar-refractivity contribution >= 4 is 44.1 Å². The highest BCUT2D eigenvalue weighted by atomic mass is 35.5. The van der Waals surface area contributed by atoms with E-state index in [2.05, 4.69) is 9.97 Å². The fourth-order valence-electron chi connectivity index (χ4n) is 2.88. The Bertz CT molecular complexity index is 1920. The van der Waals surface area contributed by atoms with Crippen LogP contribution in [0.5, 0.6) is 0 Å². The fourth-order valence-corrected chi connectivity index (χ4v) is 3.67. The third kappa shape index (κ3) is 4.60. The summed E-state index contributed by atoms with van der Waals surface area (Å²) < 4.78 is 135. The van der Waals surface area contributed by atoms with E-state index in [1.165, 1.54) is 29.0 Å². The SMILES string of the molecule is [2H]c1nc2[nH]c([2H])c(C(=O)c3c(F)c([2H])c([2H])c(NS(=O)(=O)C([2H])([2H])CC([2H])([2H])[2H])c3F)c2c([2H])c1-c1ccc(Cl)cc1. The lowest BCUT2D eigenvalue weighted by Crippen LogP contribution is -2.18. The quantitative estimate of drug-likeness (QED) is 0.326. The summed E-state index contributed by atoms with van der Waals surface area (Å²) in [5.74, 6) is -5.65. The van der Waals surface area contributed by atoms with Gasteiger partial charge >= 0.3 is 0 Å². The number of carbonyl (C=O) groups is 1. The zero-order valence-electron chi connectivity index (χ0n) is 26.2. The number of fused-ring (bicyclic) bond motifs is 1. The van der Waals surface area contributed by atoms with Crippen molar-refractivity contribution in [3.8, 4) is 11.1 Å². The molecule has 4 aromatic rings. The summed E-state index contributed by atoms with van der Waals surface area (Å²) in [7, 11) is -5.48. The number of benzene rings is 2. The van der Waals surface area contributed by atoms with Crippen molar-refractivity contribution in [1.82, 2.24) is 9.97 Å². The van der Waals surface area contributed by atoms with Crippen molar-refractivity contribution in [2.75, 3.05) is 10.4 Å². The van der Waals surface area contributed by atoms with Crippen molar-refractivity contribution in [3.63, 3.8) is 0 Å². The maximum absolute atomic E-state index is 15.8. The number of pyridine rings is 1. The number of halogens is 3. The summed E-state index contributed by atoms with van der Waals surface area (Å²) in [6.07, 6.45) is -2.81. The Morgan fingerprint density at radius 2 is 2.03 bits per heavy atom. The Kier molecular flexibility index (Phi) is 3.62. The average Bonchev–Trinajstić information content (AvgIpc) is 3.20. The average molecular weight is 500 g/mol. The Labute approximate surface area is 207 Å². The molecule has 0 saturated carbocycles. The minimum atomic E-state index is -5.48. The lowest BCUT2D eigenvalue weighted by molar-refractivity contribution is 0.103. The van der Waals surface area contributed by atoms with Crippen LogP contribution in [0.4, 0.5) is 14.5 Å². The summed E-state index contributed by atoms with van der Waals surface area (Å²) in [6.45, 7) is -3.10. The first-order valence-corrected chi connectivity index (χ1v) is 10.8. The van der Waals surface area contributed by atoms with Gasteiger partial charge in [0.15, 0.2) is 5.82 Å². The first kappa shape index (κ1) is 13.4. The van der Waals surface area contributed by atoms with Crippen LogP contribution in [-0.4, -0.2) is 29.9 Å². The minimum absolute atomic E-state index is 0.134. The number of hydrogen-bond donors (Lipinski definition) is 2. The van der Waals surface area contributed by atoms with Crippen LogP contribution in [0.3, 0.4) is 0 Å². The van der Waals surface area contributed by atoms with Gasteiger partial charge in [-0.1, -0.05) is 30.6 Å². The van der Waals surface area contributed by atoms with E-state index in [0.29, 0.717) is 5.02 Å². The topological polar surface area (TPSA) is 91.9 Å². The highest BCUT2D eigenvalue weighted by Crippen LogP contribution is 2.30. The predicted octanol–water partition coefficient (Wildman–Crippen LogP) is 5.54. The molecule has 10 heteroatoms. The van der Waals surface area contributed by atoms with Gasteiger partial charge in [0.05, 0.1) is 23.8 Å². The molecule has 0 aliphatic carbocycles. The molecule has 0 bridgehead atoms. The van der Waals surface area contributed by atoms with Crippen molar-refractivity contribution in [2.45, 2.75) is 13.3 Å². The molecule has 170 valence electrons. The Morgan fingerprint density at radius 3 is 2.76 bits per heavy atom. The van der Waals surface area contributed by atoms with Gasteiger partial charge < -0.3 is 4.98 Å². The molecule has 0 fully saturated rings. The standard InChI is InChI=1S/C23H18ClF2N3O3S/c1-2-9-33(31,32)29-19-8-7-18(25)20(21(19)26)22(30)17-12-28-23-16(17)10-14(11-27-23)13-3-5-15(24)6-4-13/h3-8,10-12,29H,2,9H2,1H3,(H,27,28)/i1D3,7D,8D,9D2,10D,11D,12D. The Hall–Kier alpha value is -3.30. The van der Waals surface area contributed by atoms with Crippen LogP contribution in [0, 0.1) is 11.6 Å². The van der Waals surface area contributed by atoms with Crippen LogP contribution in [0.1, 0.15) is 42.9 Å². The van der Waals surface area contributed by atoms with E-state index in [4.69, 9.17) is 25.3 Å². The molecule has 4 rings (SSSR count). The first-order valence-electron chi connectivity index (χ1n) is 14.0. The number of hydrogen-bond acceptors (Lipinski definition) is 4. The number of aromatic amines is 1. The van der Waals surface area contributed by atoms with Crippen molar-refractivity contribution in [2.24, 2.45) is 0 Å². The van der Waals surface area contributed by atoms with Crippen LogP contribution >= 0.6 is 11.6 Å². The lowest BCUT2D eigenvalue weighted by Gasteiger charge is -2.11. The number of nitrogens with zero attached hydrogens (tertiary/aromatic N) is 1. The lowest BCUT2D eigenvalue weighted by atomic mass is 10.00. The molecule has 2 aromatic carbocycles. The summed E-state index contributed by atoms with van der Waals surface area (Å²) >= 11 is 5.90. The summed E-state index contributed by atoms with van der Waals surface area (Å²) in [5, 5.41) is -0.109. The normalized spacial score (nSPS) is 16.8. The molecule has 0 amide bonds. The Morgan fingerprint density at radius 1 is 1.27 bits per heavy atom. The molecular weight excluding hydrogens is 472 g/mol. The zero-order chi connectivity index (χ0) is 32.4. The van der Waals surface area contributed by atoms with Gasteiger partial charge in [-0.15, -0.1) is 0 Å².